The van der Waals surface area contributed by atoms with E-state index in [0.717, 1.165) is 29.6 Å². The Labute approximate surface area is 228 Å². The van der Waals surface area contributed by atoms with Crippen molar-refractivity contribution in [2.45, 2.75) is 38.5 Å². The molecule has 0 atom stereocenters. The third kappa shape index (κ3) is 4.28. The first-order chi connectivity index (χ1) is 14.8. The van der Waals surface area contributed by atoms with Gasteiger partial charge in [0, 0.05) is 26.2 Å². The van der Waals surface area contributed by atoms with E-state index in [9.17, 15) is 0 Å². The van der Waals surface area contributed by atoms with Crippen molar-refractivity contribution in [2.24, 2.45) is 29.6 Å². The zero-order valence-corrected chi connectivity index (χ0v) is 23.0. The van der Waals surface area contributed by atoms with Gasteiger partial charge in [0.1, 0.15) is 0 Å². The van der Waals surface area contributed by atoms with E-state index < -0.39 is 0 Å². The molecule has 4 aliphatic carbocycles. The molecule has 4 bridgehead atoms. The van der Waals surface area contributed by atoms with Crippen LogP contribution in [0.4, 0.5) is 0 Å². The van der Waals surface area contributed by atoms with Crippen LogP contribution in [0, 0.1) is 29.6 Å². The van der Waals surface area contributed by atoms with Crippen molar-refractivity contribution < 1.29 is 26.2 Å². The molecule has 4 fully saturated rings. The Morgan fingerprint density at radius 1 is 0.667 bits per heavy atom. The van der Waals surface area contributed by atoms with Crippen molar-refractivity contribution in [3.05, 3.63) is 78.4 Å². The Morgan fingerprint density at radius 3 is 2.00 bits per heavy atom. The number of hydrogen-bond acceptors (Lipinski definition) is 0. The molecular weight excluding hydrogens is 522 g/mol. The second-order valence-corrected chi connectivity index (χ2v) is 10.5. The molecule has 0 amide bonds. The first-order valence-electron chi connectivity index (χ1n) is 12.0. The van der Waals surface area contributed by atoms with Gasteiger partial charge in [0.15, 0.2) is 0 Å². The van der Waals surface area contributed by atoms with Gasteiger partial charge in [-0.05, 0) is 84.5 Å². The fourth-order valence-electron chi connectivity index (χ4n) is 7.75. The summed E-state index contributed by atoms with van der Waals surface area (Å²) >= 11 is 0. The van der Waals surface area contributed by atoms with Gasteiger partial charge < -0.3 is 0 Å². The Morgan fingerprint density at radius 2 is 1.27 bits per heavy atom. The van der Waals surface area contributed by atoms with E-state index in [1.54, 1.807) is 12.0 Å². The van der Waals surface area contributed by atoms with E-state index in [1.165, 1.54) is 64.8 Å². The van der Waals surface area contributed by atoms with Gasteiger partial charge in [-0.3, -0.25) is 0 Å². The summed E-state index contributed by atoms with van der Waals surface area (Å²) in [4.78, 5) is 0. The Hall–Kier alpha value is -1.01. The molecule has 0 spiro atoms. The zero-order chi connectivity index (χ0) is 19.7. The number of hydrogen-bond donors (Lipinski definition) is 0. The summed E-state index contributed by atoms with van der Waals surface area (Å²) < 4.78 is 0. The van der Waals surface area contributed by atoms with Gasteiger partial charge in [-0.15, -0.1) is 59.3 Å². The molecule has 0 aliphatic heterocycles. The van der Waals surface area contributed by atoms with Crippen molar-refractivity contribution in [3.63, 3.8) is 0 Å². The zero-order valence-electron chi connectivity index (χ0n) is 18.9. The minimum absolute atomic E-state index is 0. The quantitative estimate of drug-likeness (QED) is 0.222. The Balaban J connectivity index is 0.000000864. The van der Waals surface area contributed by atoms with Crippen LogP contribution in [-0.4, -0.2) is 0 Å². The van der Waals surface area contributed by atoms with Gasteiger partial charge in [-0.25, -0.2) is 0 Å². The first-order valence-corrected chi connectivity index (χ1v) is 12.0. The van der Waals surface area contributed by atoms with Crippen molar-refractivity contribution in [1.82, 2.24) is 0 Å². The van der Waals surface area contributed by atoms with Crippen molar-refractivity contribution in [1.29, 1.82) is 0 Å². The minimum atomic E-state index is 0. The molecule has 33 heavy (non-hydrogen) atoms. The summed E-state index contributed by atoms with van der Waals surface area (Å²) in [5.74, 6) is 5.10. The number of rotatable bonds is 3. The number of halogens is 2. The Bertz CT molecular complexity index is 1220. The van der Waals surface area contributed by atoms with E-state index in [0.29, 0.717) is 0 Å². The van der Waals surface area contributed by atoms with Crippen LogP contribution in [0.15, 0.2) is 72.8 Å². The standard InChI is InChI=1S/C30H29.2ClH.Zr/c1-2-8-26-22(5-1)6-3-9-27(26)28-10-4-7-23-12-21(18-30(23)28)17-29-24-13-19-11-20(15-24)16-25(29)14-19;;;/h1-10,12,18-20,24-25,29H,11,13-17H2;2*1H;/q-1;;;. The molecule has 4 saturated carbocycles. The predicted octanol–water partition coefficient (Wildman–Crippen LogP) is 8.83. The maximum absolute atomic E-state index is 2.53. The molecule has 0 nitrogen and oxygen atoms in total. The molecule has 4 aromatic carbocycles. The van der Waals surface area contributed by atoms with Gasteiger partial charge in [0.2, 0.25) is 0 Å². The molecule has 0 radical (unpaired) electrons. The monoisotopic (exact) mass is 551 g/mol. The van der Waals surface area contributed by atoms with Gasteiger partial charge in [0.25, 0.3) is 0 Å². The van der Waals surface area contributed by atoms with E-state index in [-0.39, 0.29) is 51.0 Å². The summed E-state index contributed by atoms with van der Waals surface area (Å²) in [6, 6.07) is 27.4. The first kappa shape index (κ1) is 25.1. The van der Waals surface area contributed by atoms with Crippen LogP contribution in [0.5, 0.6) is 0 Å². The summed E-state index contributed by atoms with van der Waals surface area (Å²) in [5, 5.41) is 5.54. The summed E-state index contributed by atoms with van der Waals surface area (Å²) in [6.07, 6.45) is 8.96. The summed E-state index contributed by atoms with van der Waals surface area (Å²) in [5.41, 5.74) is 4.33. The average Bonchev–Trinajstić information content (AvgIpc) is 3.18. The topological polar surface area (TPSA) is 0 Å². The molecule has 170 valence electrons. The van der Waals surface area contributed by atoms with Crippen molar-refractivity contribution >= 4 is 46.4 Å². The molecule has 0 unspecified atom stereocenters. The minimum Gasteiger partial charge on any atom is -0.164 e. The van der Waals surface area contributed by atoms with Crippen LogP contribution < -0.4 is 0 Å². The van der Waals surface area contributed by atoms with Crippen molar-refractivity contribution in [3.8, 4) is 11.1 Å². The Kier molecular flexibility index (Phi) is 7.55. The van der Waals surface area contributed by atoms with Crippen LogP contribution in [0.2, 0.25) is 0 Å². The molecule has 3 heteroatoms. The van der Waals surface area contributed by atoms with Crippen LogP contribution in [0.25, 0.3) is 32.7 Å². The van der Waals surface area contributed by atoms with E-state index >= 15 is 0 Å². The third-order valence-electron chi connectivity index (χ3n) is 8.78. The average molecular weight is 554 g/mol. The normalized spacial score (nSPS) is 27.1. The van der Waals surface area contributed by atoms with Crippen molar-refractivity contribution in [2.75, 3.05) is 0 Å². The van der Waals surface area contributed by atoms with E-state index in [2.05, 4.69) is 72.8 Å². The van der Waals surface area contributed by atoms with Gasteiger partial charge in [-0.1, -0.05) is 54.1 Å². The molecule has 0 heterocycles. The van der Waals surface area contributed by atoms with Gasteiger partial charge in [0.05, 0.1) is 0 Å². The van der Waals surface area contributed by atoms with E-state index in [1.807, 2.05) is 0 Å². The van der Waals surface area contributed by atoms with E-state index in [4.69, 9.17) is 0 Å². The van der Waals surface area contributed by atoms with Crippen LogP contribution >= 0.6 is 24.8 Å². The summed E-state index contributed by atoms with van der Waals surface area (Å²) in [6.45, 7) is 0. The molecule has 0 aromatic heterocycles. The molecule has 0 N–H and O–H groups in total. The second-order valence-electron chi connectivity index (χ2n) is 10.5. The number of fused-ring (bicyclic) bond motifs is 2. The maximum atomic E-state index is 2.53. The van der Waals surface area contributed by atoms with Gasteiger partial charge in [-0.2, -0.15) is 6.07 Å². The maximum Gasteiger partial charge on any atom is 0 e. The fourth-order valence-corrected chi connectivity index (χ4v) is 7.75. The largest absolute Gasteiger partial charge is 0.164 e. The fraction of sp³-hybridized carbons (Fsp3) is 0.367. The molecule has 4 aromatic rings. The summed E-state index contributed by atoms with van der Waals surface area (Å²) in [7, 11) is 0. The molecular formula is C30H31Cl2Zr-. The molecule has 0 saturated heterocycles. The smallest absolute Gasteiger partial charge is 0 e. The van der Waals surface area contributed by atoms with Crippen LogP contribution in [-0.2, 0) is 32.6 Å². The SMILES string of the molecule is Cl.Cl.[Zr].c1ccc2c(-c3cccc4[cH-]c(CC5C6CC7CC(C6)CC5C7)cc34)cccc2c1. The predicted molar refractivity (Wildman–Crippen MR) is 141 cm³/mol. The van der Waals surface area contributed by atoms with Crippen LogP contribution in [0.1, 0.15) is 37.7 Å². The number of benzene rings is 3. The molecule has 4 aliphatic rings. The third-order valence-corrected chi connectivity index (χ3v) is 8.78. The molecule has 8 rings (SSSR count). The van der Waals surface area contributed by atoms with Gasteiger partial charge >= 0.3 is 0 Å². The van der Waals surface area contributed by atoms with Crippen LogP contribution in [0.3, 0.4) is 0 Å². The second kappa shape index (κ2) is 9.93.